The molecule has 1 aromatic rings. The number of piperidine rings is 1. The van der Waals surface area contributed by atoms with Crippen LogP contribution in [0.3, 0.4) is 0 Å². The van der Waals surface area contributed by atoms with Gasteiger partial charge in [0.15, 0.2) is 0 Å². The van der Waals surface area contributed by atoms with Gasteiger partial charge in [-0.25, -0.2) is 0 Å². The molecular formula is C14H18ClIN2O. The molecule has 0 bridgehead atoms. The lowest BCUT2D eigenvalue weighted by Crippen LogP contribution is -2.44. The van der Waals surface area contributed by atoms with Gasteiger partial charge >= 0.3 is 0 Å². The number of halogens is 2. The van der Waals surface area contributed by atoms with E-state index < -0.39 is 0 Å². The fourth-order valence-electron chi connectivity index (χ4n) is 2.30. The second-order valence-electron chi connectivity index (χ2n) is 4.81. The second kappa shape index (κ2) is 6.90. The molecule has 0 aromatic heterocycles. The number of carbonyl (C=O) groups is 1. The number of carbonyl (C=O) groups excluding carboxylic acids is 1. The Hall–Kier alpha value is -0.330. The van der Waals surface area contributed by atoms with Crippen molar-refractivity contribution < 1.29 is 4.79 Å². The van der Waals surface area contributed by atoms with Crippen LogP contribution in [0.15, 0.2) is 18.2 Å². The Morgan fingerprint density at radius 3 is 2.74 bits per heavy atom. The van der Waals surface area contributed by atoms with Gasteiger partial charge in [-0.2, -0.15) is 0 Å². The van der Waals surface area contributed by atoms with Crippen LogP contribution in [0, 0.1) is 3.57 Å². The quantitative estimate of drug-likeness (QED) is 0.802. The maximum atomic E-state index is 12.1. The largest absolute Gasteiger partial charge is 0.349 e. The lowest BCUT2D eigenvalue weighted by Gasteiger charge is -2.31. The maximum Gasteiger partial charge on any atom is 0.251 e. The molecule has 3 nitrogen and oxygen atoms in total. The highest BCUT2D eigenvalue weighted by Crippen LogP contribution is 2.20. The van der Waals surface area contributed by atoms with E-state index in [9.17, 15) is 4.79 Å². The van der Waals surface area contributed by atoms with Crippen molar-refractivity contribution in [2.75, 3.05) is 19.6 Å². The lowest BCUT2D eigenvalue weighted by molar-refractivity contribution is 0.0912. The maximum absolute atomic E-state index is 12.1. The summed E-state index contributed by atoms with van der Waals surface area (Å²) in [6, 6.07) is 5.72. The number of amides is 1. The monoisotopic (exact) mass is 392 g/mol. The highest BCUT2D eigenvalue weighted by molar-refractivity contribution is 14.1. The van der Waals surface area contributed by atoms with Crippen molar-refractivity contribution in [1.29, 1.82) is 0 Å². The van der Waals surface area contributed by atoms with Crippen LogP contribution in [0.4, 0.5) is 0 Å². The molecule has 1 aliphatic heterocycles. The lowest BCUT2D eigenvalue weighted by atomic mass is 10.0. The van der Waals surface area contributed by atoms with E-state index in [1.807, 2.05) is 12.1 Å². The van der Waals surface area contributed by atoms with E-state index in [2.05, 4.69) is 39.7 Å². The molecule has 19 heavy (non-hydrogen) atoms. The van der Waals surface area contributed by atoms with Gasteiger partial charge < -0.3 is 10.2 Å². The number of nitrogens with one attached hydrogen (secondary N) is 1. The number of benzene rings is 1. The first-order chi connectivity index (χ1) is 9.10. The van der Waals surface area contributed by atoms with E-state index in [-0.39, 0.29) is 11.9 Å². The standard InChI is InChI=1S/C14H18ClIN2O/c1-2-18-7-5-11(6-8-18)17-14(19)10-3-4-13(16)12(15)9-10/h3-4,9,11H,2,5-8H2,1H3,(H,17,19). The summed E-state index contributed by atoms with van der Waals surface area (Å²) in [7, 11) is 0. The minimum atomic E-state index is -0.0201. The van der Waals surface area contributed by atoms with E-state index >= 15 is 0 Å². The Morgan fingerprint density at radius 1 is 1.47 bits per heavy atom. The normalized spacial score (nSPS) is 17.4. The van der Waals surface area contributed by atoms with Gasteiger partial charge in [0.2, 0.25) is 0 Å². The summed E-state index contributed by atoms with van der Waals surface area (Å²) >= 11 is 8.20. The van der Waals surface area contributed by atoms with Crippen LogP contribution in [0.25, 0.3) is 0 Å². The van der Waals surface area contributed by atoms with Gasteiger partial charge in [-0.1, -0.05) is 18.5 Å². The highest BCUT2D eigenvalue weighted by atomic mass is 127. The zero-order valence-electron chi connectivity index (χ0n) is 11.0. The van der Waals surface area contributed by atoms with Crippen LogP contribution in [0.1, 0.15) is 30.1 Å². The van der Waals surface area contributed by atoms with Crippen LogP contribution < -0.4 is 5.32 Å². The number of hydrogen-bond donors (Lipinski definition) is 1. The molecule has 104 valence electrons. The molecule has 0 radical (unpaired) electrons. The molecule has 1 N–H and O–H groups in total. The fourth-order valence-corrected chi connectivity index (χ4v) is 2.82. The third-order valence-electron chi connectivity index (χ3n) is 3.55. The molecule has 1 fully saturated rings. The van der Waals surface area contributed by atoms with Crippen molar-refractivity contribution in [3.63, 3.8) is 0 Å². The molecule has 0 spiro atoms. The Morgan fingerprint density at radius 2 is 2.16 bits per heavy atom. The fraction of sp³-hybridized carbons (Fsp3) is 0.500. The summed E-state index contributed by atoms with van der Waals surface area (Å²) in [5.41, 5.74) is 0.642. The molecule has 0 unspecified atom stereocenters. The van der Waals surface area contributed by atoms with Crippen LogP contribution >= 0.6 is 34.2 Å². The highest BCUT2D eigenvalue weighted by Gasteiger charge is 2.20. The molecule has 0 saturated carbocycles. The van der Waals surface area contributed by atoms with Crippen LogP contribution in [0.5, 0.6) is 0 Å². The number of nitrogens with zero attached hydrogens (tertiary/aromatic N) is 1. The first kappa shape index (κ1) is 15.1. The van der Waals surface area contributed by atoms with Gasteiger partial charge in [-0.3, -0.25) is 4.79 Å². The topological polar surface area (TPSA) is 32.3 Å². The molecular weight excluding hydrogens is 375 g/mol. The Labute approximate surface area is 132 Å². The molecule has 0 atom stereocenters. The minimum Gasteiger partial charge on any atom is -0.349 e. The van der Waals surface area contributed by atoms with E-state index in [0.717, 1.165) is 36.0 Å². The average molecular weight is 393 g/mol. The molecule has 1 amide bonds. The van der Waals surface area contributed by atoms with Crippen LogP contribution in [-0.2, 0) is 0 Å². The molecule has 0 aliphatic carbocycles. The summed E-state index contributed by atoms with van der Waals surface area (Å²) in [6.45, 7) is 5.39. The van der Waals surface area contributed by atoms with E-state index in [1.165, 1.54) is 0 Å². The molecule has 1 aromatic carbocycles. The summed E-state index contributed by atoms with van der Waals surface area (Å²) in [6.07, 6.45) is 2.05. The third kappa shape index (κ3) is 4.07. The zero-order chi connectivity index (χ0) is 13.8. The first-order valence-electron chi connectivity index (χ1n) is 6.58. The summed E-state index contributed by atoms with van der Waals surface area (Å²) in [5.74, 6) is -0.0201. The summed E-state index contributed by atoms with van der Waals surface area (Å²) < 4.78 is 0.965. The Kier molecular flexibility index (Phi) is 5.47. The van der Waals surface area contributed by atoms with Gasteiger partial charge in [0.1, 0.15) is 0 Å². The second-order valence-corrected chi connectivity index (χ2v) is 6.38. The van der Waals surface area contributed by atoms with Crippen molar-refractivity contribution in [2.24, 2.45) is 0 Å². The molecule has 5 heteroatoms. The van der Waals surface area contributed by atoms with Crippen molar-refractivity contribution in [3.8, 4) is 0 Å². The van der Waals surface area contributed by atoms with Crippen LogP contribution in [-0.4, -0.2) is 36.5 Å². The Balaban J connectivity index is 1.92. The van der Waals surface area contributed by atoms with Gasteiger partial charge in [0.25, 0.3) is 5.91 Å². The van der Waals surface area contributed by atoms with E-state index in [4.69, 9.17) is 11.6 Å². The molecule has 1 heterocycles. The Bertz CT molecular complexity index is 459. The van der Waals surface area contributed by atoms with E-state index in [1.54, 1.807) is 6.07 Å². The predicted molar refractivity (Wildman–Crippen MR) is 86.8 cm³/mol. The zero-order valence-corrected chi connectivity index (χ0v) is 13.9. The van der Waals surface area contributed by atoms with Gasteiger partial charge in [0, 0.05) is 28.3 Å². The number of rotatable bonds is 3. The van der Waals surface area contributed by atoms with Crippen LogP contribution in [0.2, 0.25) is 5.02 Å². The number of hydrogen-bond acceptors (Lipinski definition) is 2. The minimum absolute atomic E-state index is 0.0201. The van der Waals surface area contributed by atoms with Crippen molar-refractivity contribution in [3.05, 3.63) is 32.4 Å². The average Bonchev–Trinajstić information content (AvgIpc) is 2.42. The van der Waals surface area contributed by atoms with Gasteiger partial charge in [0.05, 0.1) is 5.02 Å². The van der Waals surface area contributed by atoms with Crippen molar-refractivity contribution in [1.82, 2.24) is 10.2 Å². The van der Waals surface area contributed by atoms with Crippen molar-refractivity contribution >= 4 is 40.1 Å². The molecule has 1 aliphatic rings. The van der Waals surface area contributed by atoms with Gasteiger partial charge in [-0.05, 0) is 60.2 Å². The summed E-state index contributed by atoms with van der Waals surface area (Å²) in [5, 5.41) is 3.73. The van der Waals surface area contributed by atoms with E-state index in [0.29, 0.717) is 10.6 Å². The smallest absolute Gasteiger partial charge is 0.251 e. The van der Waals surface area contributed by atoms with Crippen molar-refractivity contribution in [2.45, 2.75) is 25.8 Å². The predicted octanol–water partition coefficient (Wildman–Crippen LogP) is 3.16. The molecule has 2 rings (SSSR count). The van der Waals surface area contributed by atoms with Gasteiger partial charge in [-0.15, -0.1) is 0 Å². The third-order valence-corrected chi connectivity index (χ3v) is 5.12. The number of likely N-dealkylation sites (tertiary alicyclic amines) is 1. The first-order valence-corrected chi connectivity index (χ1v) is 8.04. The molecule has 1 saturated heterocycles. The SMILES string of the molecule is CCN1CCC(NC(=O)c2ccc(I)c(Cl)c2)CC1. The summed E-state index contributed by atoms with van der Waals surface area (Å²) in [4.78, 5) is 14.5.